The lowest BCUT2D eigenvalue weighted by Crippen LogP contribution is -2.45. The Morgan fingerprint density at radius 2 is 1.10 bits per heavy atom. The largest absolute Gasteiger partial charge is 0.330 e. The van der Waals surface area contributed by atoms with Crippen LogP contribution in [0.4, 0.5) is 0 Å². The van der Waals surface area contributed by atoms with Crippen LogP contribution in [0.25, 0.3) is 0 Å². The SMILES string of the molecule is CCCCP1(=O)OCC2(CO1)COP(=O)(CCCC)OC2. The van der Waals surface area contributed by atoms with Crippen molar-refractivity contribution in [3.63, 3.8) is 0 Å². The highest BCUT2D eigenvalue weighted by atomic mass is 31.2. The van der Waals surface area contributed by atoms with E-state index in [2.05, 4.69) is 0 Å². The van der Waals surface area contributed by atoms with E-state index >= 15 is 0 Å². The molecule has 6 nitrogen and oxygen atoms in total. The Kier molecular flexibility index (Phi) is 6.09. The van der Waals surface area contributed by atoms with Gasteiger partial charge in [-0.3, -0.25) is 9.13 Å². The van der Waals surface area contributed by atoms with Gasteiger partial charge in [-0.05, 0) is 12.8 Å². The summed E-state index contributed by atoms with van der Waals surface area (Å²) in [4.78, 5) is 0. The topological polar surface area (TPSA) is 71.1 Å². The maximum absolute atomic E-state index is 12.3. The minimum Gasteiger partial charge on any atom is -0.308 e. The number of unbranched alkanes of at least 4 members (excludes halogenated alkanes) is 2. The molecule has 21 heavy (non-hydrogen) atoms. The van der Waals surface area contributed by atoms with E-state index in [1.54, 1.807) is 0 Å². The van der Waals surface area contributed by atoms with Gasteiger partial charge in [-0.15, -0.1) is 0 Å². The van der Waals surface area contributed by atoms with Gasteiger partial charge in [0.1, 0.15) is 0 Å². The van der Waals surface area contributed by atoms with Gasteiger partial charge in [0.15, 0.2) is 0 Å². The quantitative estimate of drug-likeness (QED) is 0.679. The molecule has 2 fully saturated rings. The molecule has 0 radical (unpaired) electrons. The highest BCUT2D eigenvalue weighted by Crippen LogP contribution is 2.59. The molecule has 2 saturated heterocycles. The van der Waals surface area contributed by atoms with Crippen LogP contribution in [-0.2, 0) is 27.2 Å². The van der Waals surface area contributed by atoms with Crippen molar-refractivity contribution in [2.75, 3.05) is 38.8 Å². The first-order valence-electron chi connectivity index (χ1n) is 7.71. The van der Waals surface area contributed by atoms with E-state index in [0.29, 0.717) is 12.3 Å². The van der Waals surface area contributed by atoms with Gasteiger partial charge in [-0.1, -0.05) is 26.7 Å². The fourth-order valence-electron chi connectivity index (χ4n) is 2.23. The summed E-state index contributed by atoms with van der Waals surface area (Å²) in [6.45, 7) is 5.19. The summed E-state index contributed by atoms with van der Waals surface area (Å²) in [5, 5.41) is 0. The van der Waals surface area contributed by atoms with Crippen molar-refractivity contribution in [3.05, 3.63) is 0 Å². The van der Waals surface area contributed by atoms with Crippen LogP contribution in [-0.4, -0.2) is 38.8 Å². The third-order valence-corrected chi connectivity index (χ3v) is 7.66. The summed E-state index contributed by atoms with van der Waals surface area (Å²) < 4.78 is 46.6. The van der Waals surface area contributed by atoms with E-state index in [1.165, 1.54) is 0 Å². The average molecular weight is 340 g/mol. The molecule has 0 aromatic rings. The Balaban J connectivity index is 1.85. The molecule has 2 heterocycles. The Morgan fingerprint density at radius 1 is 0.762 bits per heavy atom. The molecule has 0 amide bonds. The summed E-state index contributed by atoms with van der Waals surface area (Å²) in [5.74, 6) is 0. The summed E-state index contributed by atoms with van der Waals surface area (Å²) >= 11 is 0. The molecule has 0 aromatic heterocycles. The molecule has 0 aliphatic carbocycles. The maximum Gasteiger partial charge on any atom is 0.330 e. The molecule has 0 bridgehead atoms. The first-order chi connectivity index (χ1) is 9.95. The molecule has 0 unspecified atom stereocenters. The zero-order valence-corrected chi connectivity index (χ0v) is 14.7. The third-order valence-electron chi connectivity index (χ3n) is 3.84. The van der Waals surface area contributed by atoms with Gasteiger partial charge in [-0.2, -0.15) is 0 Å². The molecule has 0 atom stereocenters. The van der Waals surface area contributed by atoms with E-state index in [1.807, 2.05) is 13.8 Å². The van der Waals surface area contributed by atoms with Gasteiger partial charge >= 0.3 is 15.2 Å². The van der Waals surface area contributed by atoms with Gasteiger partial charge in [0.25, 0.3) is 0 Å². The molecule has 124 valence electrons. The van der Waals surface area contributed by atoms with E-state index < -0.39 is 20.6 Å². The van der Waals surface area contributed by atoms with Crippen LogP contribution < -0.4 is 0 Å². The van der Waals surface area contributed by atoms with Crippen molar-refractivity contribution in [2.45, 2.75) is 39.5 Å². The molecule has 0 saturated carbocycles. The third kappa shape index (κ3) is 4.63. The van der Waals surface area contributed by atoms with Gasteiger partial charge < -0.3 is 18.1 Å². The molecule has 8 heteroatoms. The highest BCUT2D eigenvalue weighted by Gasteiger charge is 2.48. The predicted molar refractivity (Wildman–Crippen MR) is 81.0 cm³/mol. The fourth-order valence-corrected chi connectivity index (χ4v) is 6.18. The van der Waals surface area contributed by atoms with E-state index in [-0.39, 0.29) is 26.4 Å². The van der Waals surface area contributed by atoms with Crippen molar-refractivity contribution >= 4 is 15.2 Å². The maximum atomic E-state index is 12.3. The van der Waals surface area contributed by atoms with Gasteiger partial charge in [0.2, 0.25) is 0 Å². The molecular formula is C13H26O6P2. The van der Waals surface area contributed by atoms with Gasteiger partial charge in [0, 0.05) is 0 Å². The van der Waals surface area contributed by atoms with Gasteiger partial charge in [0.05, 0.1) is 44.2 Å². The molecule has 2 rings (SSSR count). The molecule has 2 aliphatic heterocycles. The number of hydrogen-bond acceptors (Lipinski definition) is 6. The normalized spacial score (nSPS) is 40.5. The molecule has 0 aromatic carbocycles. The minimum atomic E-state index is -2.95. The molecular weight excluding hydrogens is 314 g/mol. The van der Waals surface area contributed by atoms with Crippen molar-refractivity contribution < 1.29 is 27.2 Å². The monoisotopic (exact) mass is 340 g/mol. The number of rotatable bonds is 6. The summed E-state index contributed by atoms with van der Waals surface area (Å²) in [7, 11) is -5.91. The van der Waals surface area contributed by atoms with Crippen LogP contribution in [0.15, 0.2) is 0 Å². The second-order valence-corrected chi connectivity index (χ2v) is 10.3. The van der Waals surface area contributed by atoms with E-state index in [9.17, 15) is 9.13 Å². The lowest BCUT2D eigenvalue weighted by molar-refractivity contribution is -0.0685. The second kappa shape index (κ2) is 7.25. The van der Waals surface area contributed by atoms with E-state index in [4.69, 9.17) is 18.1 Å². The first kappa shape index (κ1) is 17.7. The second-order valence-electron chi connectivity index (χ2n) is 5.97. The average Bonchev–Trinajstić information content (AvgIpc) is 2.50. The van der Waals surface area contributed by atoms with E-state index in [0.717, 1.165) is 25.7 Å². The molecule has 1 spiro atoms. The van der Waals surface area contributed by atoms with Crippen LogP contribution in [0, 0.1) is 5.41 Å². The van der Waals surface area contributed by atoms with Crippen LogP contribution >= 0.6 is 15.2 Å². The van der Waals surface area contributed by atoms with Crippen LogP contribution in [0.2, 0.25) is 0 Å². The summed E-state index contributed by atoms with van der Waals surface area (Å²) in [6, 6.07) is 0. The zero-order valence-electron chi connectivity index (χ0n) is 12.9. The van der Waals surface area contributed by atoms with Crippen molar-refractivity contribution in [1.29, 1.82) is 0 Å². The highest BCUT2D eigenvalue weighted by molar-refractivity contribution is 7.54. The Morgan fingerprint density at radius 3 is 1.38 bits per heavy atom. The summed E-state index contributed by atoms with van der Waals surface area (Å²) in [5.41, 5.74) is -0.472. The van der Waals surface area contributed by atoms with Gasteiger partial charge in [-0.25, -0.2) is 0 Å². The van der Waals surface area contributed by atoms with Crippen LogP contribution in [0.3, 0.4) is 0 Å². The Hall–Kier alpha value is 0.300. The predicted octanol–water partition coefficient (Wildman–Crippen LogP) is 4.05. The standard InChI is InChI=1S/C13H26O6P2/c1-3-5-7-20(14)16-9-13(10-17-20)11-18-21(15,19-12-13)8-6-4-2/h3-12H2,1-2H3. The number of hydrogen-bond donors (Lipinski definition) is 0. The van der Waals surface area contributed by atoms with Crippen LogP contribution in [0.5, 0.6) is 0 Å². The van der Waals surface area contributed by atoms with Crippen LogP contribution in [0.1, 0.15) is 39.5 Å². The fraction of sp³-hybridized carbons (Fsp3) is 1.00. The lowest BCUT2D eigenvalue weighted by atomic mass is 9.93. The van der Waals surface area contributed by atoms with Crippen molar-refractivity contribution in [1.82, 2.24) is 0 Å². The Labute approximate surface area is 126 Å². The zero-order chi connectivity index (χ0) is 15.4. The summed E-state index contributed by atoms with van der Waals surface area (Å²) in [6.07, 6.45) is 4.46. The minimum absolute atomic E-state index is 0.280. The smallest absolute Gasteiger partial charge is 0.308 e. The molecule has 0 N–H and O–H groups in total. The van der Waals surface area contributed by atoms with Crippen molar-refractivity contribution in [2.24, 2.45) is 5.41 Å². The van der Waals surface area contributed by atoms with Crippen molar-refractivity contribution in [3.8, 4) is 0 Å². The Bertz CT molecular complexity index is 371. The lowest BCUT2D eigenvalue weighted by Gasteiger charge is -2.42. The molecule has 2 aliphatic rings. The first-order valence-corrected chi connectivity index (χ1v) is 11.2.